The topological polar surface area (TPSA) is 160 Å². The molecule has 36 heavy (non-hydrogen) atoms. The van der Waals surface area contributed by atoms with Crippen LogP contribution in [-0.2, 0) is 9.59 Å². The van der Waals surface area contributed by atoms with Crippen LogP contribution in [0.3, 0.4) is 0 Å². The molecule has 3 unspecified atom stereocenters. The fourth-order valence-electron chi connectivity index (χ4n) is 4.97. The number of carboxylic acids is 1. The zero-order valence-corrected chi connectivity index (χ0v) is 20.4. The number of tetrazole rings is 1. The molecule has 0 saturated carbocycles. The van der Waals surface area contributed by atoms with Crippen molar-refractivity contribution in [3.63, 3.8) is 0 Å². The number of allylic oxidation sites excluding steroid dienone is 1. The van der Waals surface area contributed by atoms with E-state index in [1.54, 1.807) is 0 Å². The second kappa shape index (κ2) is 9.50. The van der Waals surface area contributed by atoms with Gasteiger partial charge in [-0.1, -0.05) is 67.2 Å². The average Bonchev–Trinajstić information content (AvgIpc) is 3.62. The van der Waals surface area contributed by atoms with Crippen molar-refractivity contribution in [1.82, 2.24) is 20.6 Å². The lowest BCUT2D eigenvalue weighted by Crippen LogP contribution is -2.20. The van der Waals surface area contributed by atoms with Crippen molar-refractivity contribution in [1.29, 1.82) is 0 Å². The molecule has 2 aromatic carbocycles. The van der Waals surface area contributed by atoms with Crippen LogP contribution in [0.15, 0.2) is 80.5 Å². The number of amides is 1. The van der Waals surface area contributed by atoms with Gasteiger partial charge in [0.15, 0.2) is 0 Å². The smallest absolute Gasteiger partial charge is 0.332 e. The minimum absolute atomic E-state index is 0.0411. The van der Waals surface area contributed by atoms with Crippen molar-refractivity contribution in [2.75, 3.05) is 0 Å². The van der Waals surface area contributed by atoms with Gasteiger partial charge in [-0.2, -0.15) is 10.3 Å². The Morgan fingerprint density at radius 3 is 2.36 bits per heavy atom. The van der Waals surface area contributed by atoms with E-state index in [1.165, 1.54) is 11.8 Å². The van der Waals surface area contributed by atoms with Crippen LogP contribution < -0.4 is 5.73 Å². The fraction of sp³-hybridized carbons (Fsp3) is 0.240. The highest BCUT2D eigenvalue weighted by Gasteiger charge is 2.45. The first-order valence-corrected chi connectivity index (χ1v) is 12.3. The number of nitrogens with zero attached hydrogens (tertiary/aromatic N) is 5. The largest absolute Gasteiger partial charge is 0.478 e. The summed E-state index contributed by atoms with van der Waals surface area (Å²) in [6.07, 6.45) is 0.494. The highest BCUT2D eigenvalue weighted by atomic mass is 32.2. The van der Waals surface area contributed by atoms with Gasteiger partial charge in [0.2, 0.25) is 11.7 Å². The number of H-pyrrole nitrogens is 1. The molecule has 2 heterocycles. The zero-order chi connectivity index (χ0) is 25.4. The van der Waals surface area contributed by atoms with Crippen molar-refractivity contribution in [2.24, 2.45) is 21.9 Å². The molecule has 4 N–H and O–H groups in total. The molecule has 11 heteroatoms. The molecule has 10 nitrogen and oxygen atoms in total. The van der Waals surface area contributed by atoms with Crippen LogP contribution >= 0.6 is 11.8 Å². The Hall–Kier alpha value is -4.12. The minimum atomic E-state index is -1.14. The number of hydrogen-bond donors (Lipinski definition) is 3. The van der Waals surface area contributed by atoms with Crippen LogP contribution in [0.5, 0.6) is 0 Å². The van der Waals surface area contributed by atoms with E-state index in [0.717, 1.165) is 27.8 Å². The number of aromatic amines is 1. The summed E-state index contributed by atoms with van der Waals surface area (Å²) in [6, 6.07) is 15.4. The quantitative estimate of drug-likeness (QED) is 0.454. The lowest BCUT2D eigenvalue weighted by Gasteiger charge is -2.20. The molecule has 1 amide bonds. The molecule has 0 radical (unpaired) electrons. The molecule has 1 aliphatic heterocycles. The molecular weight excluding hydrogens is 478 g/mol. The Balaban J connectivity index is 1.64. The Bertz CT molecular complexity index is 1430. The molecule has 2 aliphatic rings. The van der Waals surface area contributed by atoms with Crippen LogP contribution in [-0.4, -0.2) is 43.0 Å². The first-order valence-electron chi connectivity index (χ1n) is 11.4. The van der Waals surface area contributed by atoms with Crippen LogP contribution in [0.2, 0.25) is 0 Å². The number of nitrogens with two attached hydrogens (primary N) is 1. The van der Waals surface area contributed by atoms with Gasteiger partial charge in [0.25, 0.3) is 0 Å². The summed E-state index contributed by atoms with van der Waals surface area (Å²) in [5.74, 6) is -2.51. The second-order valence-corrected chi connectivity index (χ2v) is 9.79. The van der Waals surface area contributed by atoms with Gasteiger partial charge in [-0.05, 0) is 40.8 Å². The van der Waals surface area contributed by atoms with E-state index in [1.807, 2.05) is 62.4 Å². The number of aliphatic carboxylic acids is 1. The summed E-state index contributed by atoms with van der Waals surface area (Å²) < 4.78 is 0. The highest BCUT2D eigenvalue weighted by Crippen LogP contribution is 2.53. The summed E-state index contributed by atoms with van der Waals surface area (Å²) in [4.78, 5) is 25.0. The van der Waals surface area contributed by atoms with Crippen molar-refractivity contribution in [3.8, 4) is 22.5 Å². The Morgan fingerprint density at radius 2 is 1.81 bits per heavy atom. The van der Waals surface area contributed by atoms with Crippen molar-refractivity contribution in [3.05, 3.63) is 75.8 Å². The second-order valence-electron chi connectivity index (χ2n) is 8.49. The summed E-state index contributed by atoms with van der Waals surface area (Å²) in [7, 11) is 0. The van der Waals surface area contributed by atoms with E-state index in [0.29, 0.717) is 17.3 Å². The molecule has 1 aromatic heterocycles. The van der Waals surface area contributed by atoms with E-state index >= 15 is 0 Å². The maximum absolute atomic E-state index is 12.6. The Labute approximate surface area is 210 Å². The Kier molecular flexibility index (Phi) is 6.23. The number of rotatable bonds is 6. The van der Waals surface area contributed by atoms with Crippen molar-refractivity contribution < 1.29 is 14.7 Å². The van der Waals surface area contributed by atoms with Gasteiger partial charge in [0.1, 0.15) is 10.4 Å². The van der Waals surface area contributed by atoms with Gasteiger partial charge in [-0.25, -0.2) is 4.79 Å². The number of aromatic nitrogens is 4. The number of hydrogen-bond acceptors (Lipinski definition) is 8. The van der Waals surface area contributed by atoms with Gasteiger partial charge in [-0.3, -0.25) is 4.79 Å². The maximum atomic E-state index is 12.6. The fourth-order valence-corrected chi connectivity index (χ4v) is 5.87. The number of azo groups is 1. The lowest BCUT2D eigenvalue weighted by atomic mass is 9.85. The number of carboxylic acid groups (broad SMARTS) is 1. The van der Waals surface area contributed by atoms with Crippen LogP contribution in [0.1, 0.15) is 31.7 Å². The van der Waals surface area contributed by atoms with E-state index in [9.17, 15) is 14.7 Å². The molecular formula is C25H23N7O3S. The van der Waals surface area contributed by atoms with Crippen LogP contribution in [0.25, 0.3) is 22.5 Å². The van der Waals surface area contributed by atoms with Gasteiger partial charge in [-0.15, -0.1) is 15.3 Å². The molecule has 0 bridgehead atoms. The standard InChI is InChI=1S/C25H23N7O3S/c1-3-15-19(24-30-27-12(2)36-24)18(21(22(26)33)20(15)25(34)35)14-10-8-13(9-11-14)16-6-4-5-7-17(16)23-28-31-32-29-23/h4-12,15,18H,3H2,1-2H3,(H2,26,33)(H,34,35)(H,28,29,31,32). The third kappa shape index (κ3) is 4.01. The van der Waals surface area contributed by atoms with Gasteiger partial charge < -0.3 is 10.8 Å². The number of thioether (sulfide) groups is 1. The summed E-state index contributed by atoms with van der Waals surface area (Å²) in [5, 5.41) is 33.5. The summed E-state index contributed by atoms with van der Waals surface area (Å²) in [5.41, 5.74) is 10.1. The normalized spacial score (nSPS) is 23.4. The van der Waals surface area contributed by atoms with E-state index in [4.69, 9.17) is 5.73 Å². The number of nitrogens with one attached hydrogen (secondary N) is 1. The summed E-state index contributed by atoms with van der Waals surface area (Å²) in [6.45, 7) is 3.82. The van der Waals surface area contributed by atoms with E-state index < -0.39 is 23.7 Å². The zero-order valence-electron chi connectivity index (χ0n) is 19.5. The predicted octanol–water partition coefficient (Wildman–Crippen LogP) is 4.28. The van der Waals surface area contributed by atoms with E-state index in [-0.39, 0.29) is 16.5 Å². The Morgan fingerprint density at radius 1 is 1.08 bits per heavy atom. The van der Waals surface area contributed by atoms with Crippen LogP contribution in [0.4, 0.5) is 0 Å². The summed E-state index contributed by atoms with van der Waals surface area (Å²) >= 11 is 1.46. The molecule has 5 rings (SSSR count). The molecule has 0 saturated heterocycles. The molecule has 3 aromatic rings. The van der Waals surface area contributed by atoms with E-state index in [2.05, 4.69) is 30.9 Å². The maximum Gasteiger partial charge on any atom is 0.332 e. The number of primary amides is 1. The third-order valence-electron chi connectivity index (χ3n) is 6.43. The monoisotopic (exact) mass is 501 g/mol. The lowest BCUT2D eigenvalue weighted by molar-refractivity contribution is -0.133. The number of benzene rings is 2. The van der Waals surface area contributed by atoms with Gasteiger partial charge >= 0.3 is 5.97 Å². The molecule has 182 valence electrons. The SMILES string of the molecule is CCC1C(C(=O)O)=C(C(N)=O)C(c2ccc(-c3ccccc3-c3nn[nH]n3)cc2)C1=C1N=NC(C)S1. The molecule has 0 fully saturated rings. The predicted molar refractivity (Wildman–Crippen MR) is 134 cm³/mol. The highest BCUT2D eigenvalue weighted by molar-refractivity contribution is 8.03. The number of carbonyl (C=O) groups excluding carboxylic acids is 1. The molecule has 1 aliphatic carbocycles. The van der Waals surface area contributed by atoms with Crippen LogP contribution in [0, 0.1) is 5.92 Å². The molecule has 0 spiro atoms. The third-order valence-corrected chi connectivity index (χ3v) is 7.40. The molecule has 3 atom stereocenters. The van der Waals surface area contributed by atoms with Gasteiger partial charge in [0, 0.05) is 23.0 Å². The average molecular weight is 502 g/mol. The minimum Gasteiger partial charge on any atom is -0.478 e. The first kappa shape index (κ1) is 23.6. The van der Waals surface area contributed by atoms with Crippen molar-refractivity contribution >= 4 is 23.6 Å². The van der Waals surface area contributed by atoms with Crippen molar-refractivity contribution in [2.45, 2.75) is 31.6 Å². The first-order chi connectivity index (χ1) is 17.4. The van der Waals surface area contributed by atoms with Gasteiger partial charge in [0.05, 0.1) is 5.57 Å². The number of carbonyl (C=O) groups is 2.